The van der Waals surface area contributed by atoms with E-state index in [9.17, 15) is 4.79 Å². The third-order valence-electron chi connectivity index (χ3n) is 3.28. The number of hydrogen-bond donors (Lipinski definition) is 0. The highest BCUT2D eigenvalue weighted by atomic mass is 32.1. The maximum absolute atomic E-state index is 12.2. The van der Waals surface area contributed by atoms with E-state index in [2.05, 4.69) is 11.2 Å². The van der Waals surface area contributed by atoms with Crippen LogP contribution in [0.15, 0.2) is 10.9 Å². The number of hydrogen-bond acceptors (Lipinski definition) is 3. The monoisotopic (exact) mass is 265 g/mol. The molecule has 1 aliphatic rings. The average Bonchev–Trinajstić information content (AvgIpc) is 2.37. The lowest BCUT2D eigenvalue weighted by molar-refractivity contribution is 0.474. The maximum atomic E-state index is 12.2. The van der Waals surface area contributed by atoms with E-state index in [4.69, 9.17) is 12.2 Å². The molecule has 0 saturated heterocycles. The van der Waals surface area contributed by atoms with Gasteiger partial charge in [0.2, 0.25) is 0 Å². The van der Waals surface area contributed by atoms with Crippen molar-refractivity contribution in [1.29, 1.82) is 0 Å². The summed E-state index contributed by atoms with van der Waals surface area (Å²) in [4.78, 5) is 12.2. The van der Waals surface area contributed by atoms with E-state index in [1.807, 2.05) is 13.8 Å². The average molecular weight is 265 g/mol. The molecule has 0 radical (unpaired) electrons. The molecule has 98 valence electrons. The molecule has 0 unspecified atom stereocenters. The van der Waals surface area contributed by atoms with Crippen molar-refractivity contribution in [1.82, 2.24) is 14.3 Å². The molecule has 0 atom stereocenters. The van der Waals surface area contributed by atoms with Crippen LogP contribution in [0, 0.1) is 4.77 Å². The van der Waals surface area contributed by atoms with Crippen LogP contribution in [0.4, 0.5) is 0 Å². The van der Waals surface area contributed by atoms with Crippen molar-refractivity contribution in [3.8, 4) is 0 Å². The molecule has 2 rings (SSSR count). The van der Waals surface area contributed by atoms with Gasteiger partial charge in [-0.2, -0.15) is 5.10 Å². The van der Waals surface area contributed by atoms with Crippen LogP contribution in [-0.2, 0) is 7.05 Å². The third-order valence-corrected chi connectivity index (χ3v) is 3.74. The molecule has 0 bridgehead atoms. The lowest BCUT2D eigenvalue weighted by atomic mass is 9.97. The Kier molecular flexibility index (Phi) is 3.80. The molecular formula is C13H19N3OS. The zero-order valence-corrected chi connectivity index (χ0v) is 12.0. The number of nitrogens with zero attached hydrogens (tertiary/aromatic N) is 3. The van der Waals surface area contributed by atoms with E-state index in [0.717, 1.165) is 24.8 Å². The van der Waals surface area contributed by atoms with E-state index in [-0.39, 0.29) is 11.6 Å². The predicted molar refractivity (Wildman–Crippen MR) is 75.1 cm³/mol. The Balaban J connectivity index is 2.64. The second kappa shape index (κ2) is 5.18. The Morgan fingerprint density at radius 3 is 2.67 bits per heavy atom. The predicted octanol–water partition coefficient (Wildman–Crippen LogP) is 2.85. The Labute approximate surface area is 112 Å². The second-order valence-electron chi connectivity index (χ2n) is 5.01. The summed E-state index contributed by atoms with van der Waals surface area (Å²) in [6.07, 6.45) is 6.45. The summed E-state index contributed by atoms with van der Waals surface area (Å²) in [6.45, 7) is 4.04. The van der Waals surface area contributed by atoms with Crippen LogP contribution in [-0.4, -0.2) is 14.3 Å². The van der Waals surface area contributed by atoms with Crippen molar-refractivity contribution >= 4 is 17.8 Å². The van der Waals surface area contributed by atoms with Crippen LogP contribution in [0.1, 0.15) is 51.3 Å². The first-order valence-corrected chi connectivity index (χ1v) is 6.82. The van der Waals surface area contributed by atoms with Gasteiger partial charge in [0.05, 0.1) is 0 Å². The zero-order chi connectivity index (χ0) is 13.3. The van der Waals surface area contributed by atoms with E-state index in [1.54, 1.807) is 11.7 Å². The van der Waals surface area contributed by atoms with Gasteiger partial charge >= 0.3 is 0 Å². The van der Waals surface area contributed by atoms with E-state index >= 15 is 0 Å². The fourth-order valence-electron chi connectivity index (χ4n) is 2.18. The maximum Gasteiger partial charge on any atom is 0.280 e. The normalized spacial score (nSPS) is 15.9. The van der Waals surface area contributed by atoms with Crippen molar-refractivity contribution in [2.24, 2.45) is 7.05 Å². The molecule has 0 N–H and O–H groups in total. The minimum Gasteiger partial charge on any atom is -0.285 e. The fourth-order valence-corrected chi connectivity index (χ4v) is 2.52. The number of aromatic nitrogens is 3. The Bertz CT molecular complexity index is 595. The summed E-state index contributed by atoms with van der Waals surface area (Å²) in [5.74, 6) is 0. The van der Waals surface area contributed by atoms with Crippen molar-refractivity contribution in [2.75, 3.05) is 0 Å². The molecule has 4 nitrogen and oxygen atoms in total. The molecule has 5 heteroatoms. The van der Waals surface area contributed by atoms with Gasteiger partial charge in [-0.1, -0.05) is 6.08 Å². The zero-order valence-electron chi connectivity index (χ0n) is 11.1. The topological polar surface area (TPSA) is 39.8 Å². The molecule has 0 amide bonds. The summed E-state index contributed by atoms with van der Waals surface area (Å²) >= 11 is 5.26. The molecule has 0 fully saturated rings. The van der Waals surface area contributed by atoms with E-state index in [0.29, 0.717) is 10.5 Å². The van der Waals surface area contributed by atoms with Gasteiger partial charge in [-0.3, -0.25) is 9.36 Å². The van der Waals surface area contributed by atoms with Gasteiger partial charge in [0.25, 0.3) is 5.56 Å². The first-order valence-electron chi connectivity index (χ1n) is 6.41. The Morgan fingerprint density at radius 2 is 2.11 bits per heavy atom. The van der Waals surface area contributed by atoms with Gasteiger partial charge in [-0.15, -0.1) is 0 Å². The van der Waals surface area contributed by atoms with Gasteiger partial charge in [-0.05, 0) is 57.3 Å². The molecule has 0 aromatic carbocycles. The highest BCUT2D eigenvalue weighted by molar-refractivity contribution is 7.71. The molecule has 18 heavy (non-hydrogen) atoms. The molecule has 0 spiro atoms. The van der Waals surface area contributed by atoms with Gasteiger partial charge in [0, 0.05) is 13.1 Å². The second-order valence-corrected chi connectivity index (χ2v) is 5.37. The molecule has 1 aromatic heterocycles. The van der Waals surface area contributed by atoms with Gasteiger partial charge in [-0.25, -0.2) is 4.68 Å². The fraction of sp³-hybridized carbons (Fsp3) is 0.615. The van der Waals surface area contributed by atoms with Gasteiger partial charge in [0.15, 0.2) is 10.5 Å². The molecule has 1 aliphatic carbocycles. The van der Waals surface area contributed by atoms with Crippen molar-refractivity contribution in [2.45, 2.75) is 45.6 Å². The third kappa shape index (κ3) is 2.32. The molecule has 0 saturated carbocycles. The van der Waals surface area contributed by atoms with Gasteiger partial charge < -0.3 is 0 Å². The van der Waals surface area contributed by atoms with Crippen LogP contribution in [0.5, 0.6) is 0 Å². The molecule has 0 aliphatic heterocycles. The molecule has 1 aromatic rings. The van der Waals surface area contributed by atoms with Crippen molar-refractivity contribution in [3.05, 3.63) is 26.9 Å². The first-order chi connectivity index (χ1) is 8.52. The van der Waals surface area contributed by atoms with E-state index < -0.39 is 0 Å². The standard InChI is InChI=1S/C13H19N3OS/c1-9(2)16-13(18)15(3)12(17)11(14-16)10-7-5-4-6-8-10/h7,9H,4-6,8H2,1-3H3. The molecular weight excluding hydrogens is 246 g/mol. The van der Waals surface area contributed by atoms with Crippen molar-refractivity contribution in [3.63, 3.8) is 0 Å². The Morgan fingerprint density at radius 1 is 1.39 bits per heavy atom. The summed E-state index contributed by atoms with van der Waals surface area (Å²) in [5.41, 5.74) is 1.57. The van der Waals surface area contributed by atoms with Gasteiger partial charge in [0.1, 0.15) is 0 Å². The summed E-state index contributed by atoms with van der Waals surface area (Å²) in [7, 11) is 1.72. The van der Waals surface area contributed by atoms with Crippen LogP contribution in [0.3, 0.4) is 0 Å². The number of rotatable bonds is 2. The van der Waals surface area contributed by atoms with E-state index in [1.165, 1.54) is 11.0 Å². The lowest BCUT2D eigenvalue weighted by Crippen LogP contribution is -2.29. The smallest absolute Gasteiger partial charge is 0.280 e. The largest absolute Gasteiger partial charge is 0.285 e. The quantitative estimate of drug-likeness (QED) is 0.772. The highest BCUT2D eigenvalue weighted by Gasteiger charge is 2.15. The first kappa shape index (κ1) is 13.2. The van der Waals surface area contributed by atoms with Crippen LogP contribution in [0.2, 0.25) is 0 Å². The Hall–Kier alpha value is -1.23. The van der Waals surface area contributed by atoms with Crippen molar-refractivity contribution < 1.29 is 0 Å². The van der Waals surface area contributed by atoms with Crippen LogP contribution < -0.4 is 5.56 Å². The summed E-state index contributed by atoms with van der Waals surface area (Å²) < 4.78 is 3.75. The highest BCUT2D eigenvalue weighted by Crippen LogP contribution is 2.23. The summed E-state index contributed by atoms with van der Waals surface area (Å²) in [6, 6.07) is 0.159. The SMILES string of the molecule is CC(C)n1nc(C2=CCCCC2)c(=O)n(C)c1=S. The lowest BCUT2D eigenvalue weighted by Gasteiger charge is -2.17. The number of allylic oxidation sites excluding steroid dienone is 2. The van der Waals surface area contributed by atoms with Crippen LogP contribution >= 0.6 is 12.2 Å². The summed E-state index contributed by atoms with van der Waals surface area (Å²) in [5, 5.41) is 4.47. The minimum absolute atomic E-state index is 0.0787. The molecule has 1 heterocycles. The minimum atomic E-state index is -0.0787. The van der Waals surface area contributed by atoms with Crippen LogP contribution in [0.25, 0.3) is 5.57 Å².